The third-order valence-electron chi connectivity index (χ3n) is 5.14. The van der Waals surface area contributed by atoms with Crippen molar-refractivity contribution in [2.45, 2.75) is 38.7 Å². The van der Waals surface area contributed by atoms with E-state index in [9.17, 15) is 19.5 Å². The summed E-state index contributed by atoms with van der Waals surface area (Å²) in [4.78, 5) is 40.1. The Morgan fingerprint density at radius 1 is 1.11 bits per heavy atom. The molecule has 0 aliphatic heterocycles. The molecule has 1 aliphatic rings. The molecule has 1 aliphatic carbocycles. The second kappa shape index (κ2) is 8.73. The number of benzene rings is 1. The minimum absolute atomic E-state index is 0.120. The van der Waals surface area contributed by atoms with Crippen LogP contribution in [0.2, 0.25) is 0 Å². The summed E-state index contributed by atoms with van der Waals surface area (Å²) in [6, 6.07) is 7.22. The lowest BCUT2D eigenvalue weighted by atomic mass is 9.61. The third kappa shape index (κ3) is 4.35. The van der Waals surface area contributed by atoms with Crippen LogP contribution in [0.25, 0.3) is 0 Å². The van der Waals surface area contributed by atoms with E-state index < -0.39 is 41.1 Å². The van der Waals surface area contributed by atoms with Gasteiger partial charge in [-0.15, -0.1) is 0 Å². The van der Waals surface area contributed by atoms with Crippen LogP contribution in [0.5, 0.6) is 0 Å². The van der Waals surface area contributed by atoms with Crippen LogP contribution in [-0.4, -0.2) is 55.7 Å². The number of ether oxygens (including phenoxy) is 2. The molecule has 1 N–H and O–H groups in total. The number of carbonyl (C=O) groups is 3. The van der Waals surface area contributed by atoms with E-state index in [2.05, 4.69) is 0 Å². The molecule has 0 heterocycles. The summed E-state index contributed by atoms with van der Waals surface area (Å²) < 4.78 is 10.3. The molecule has 1 saturated carbocycles. The summed E-state index contributed by atoms with van der Waals surface area (Å²) in [7, 11) is 3.79. The molecular formula is C21H29NO6. The van der Waals surface area contributed by atoms with E-state index in [1.54, 1.807) is 26.0 Å². The van der Waals surface area contributed by atoms with E-state index in [-0.39, 0.29) is 19.6 Å². The van der Waals surface area contributed by atoms with Gasteiger partial charge in [-0.25, -0.2) is 0 Å². The minimum atomic E-state index is -1.63. The summed E-state index contributed by atoms with van der Waals surface area (Å²) in [6.45, 7) is 5.02. The van der Waals surface area contributed by atoms with E-state index in [1.165, 1.54) is 6.92 Å². The van der Waals surface area contributed by atoms with Crippen molar-refractivity contribution in [1.29, 1.82) is 0 Å². The van der Waals surface area contributed by atoms with Crippen LogP contribution in [0.1, 0.15) is 38.7 Å². The number of hydrogen-bond acceptors (Lipinski definition) is 7. The molecule has 7 nitrogen and oxygen atoms in total. The van der Waals surface area contributed by atoms with Gasteiger partial charge >= 0.3 is 11.9 Å². The van der Waals surface area contributed by atoms with Crippen LogP contribution in [-0.2, 0) is 23.9 Å². The zero-order chi connectivity index (χ0) is 21.1. The van der Waals surface area contributed by atoms with Gasteiger partial charge in [0.05, 0.1) is 24.7 Å². The average molecular weight is 391 g/mol. The van der Waals surface area contributed by atoms with Crippen molar-refractivity contribution in [2.75, 3.05) is 32.2 Å². The largest absolute Gasteiger partial charge is 0.466 e. The van der Waals surface area contributed by atoms with E-state index >= 15 is 0 Å². The quantitative estimate of drug-likeness (QED) is 0.585. The van der Waals surface area contributed by atoms with Gasteiger partial charge in [0.15, 0.2) is 5.78 Å². The van der Waals surface area contributed by atoms with Gasteiger partial charge in [-0.1, -0.05) is 12.1 Å². The number of nitrogens with zero attached hydrogens (tertiary/aromatic N) is 1. The van der Waals surface area contributed by atoms with E-state index in [0.717, 1.165) is 5.69 Å². The van der Waals surface area contributed by atoms with Crippen molar-refractivity contribution >= 4 is 23.4 Å². The topological polar surface area (TPSA) is 93.1 Å². The van der Waals surface area contributed by atoms with Crippen molar-refractivity contribution in [3.63, 3.8) is 0 Å². The van der Waals surface area contributed by atoms with Crippen molar-refractivity contribution in [3.05, 3.63) is 29.8 Å². The third-order valence-corrected chi connectivity index (χ3v) is 5.14. The lowest BCUT2D eigenvalue weighted by Gasteiger charge is -2.43. The van der Waals surface area contributed by atoms with Gasteiger partial charge in [0.1, 0.15) is 5.92 Å². The Labute approximate surface area is 165 Å². The van der Waals surface area contributed by atoms with Gasteiger partial charge in [-0.05, 0) is 38.5 Å². The van der Waals surface area contributed by atoms with E-state index in [1.807, 2.05) is 31.1 Å². The van der Waals surface area contributed by atoms with Crippen LogP contribution in [0, 0.1) is 11.8 Å². The van der Waals surface area contributed by atoms with Crippen molar-refractivity contribution < 1.29 is 29.0 Å². The molecule has 0 radical (unpaired) electrons. The fourth-order valence-corrected chi connectivity index (χ4v) is 3.87. The Morgan fingerprint density at radius 2 is 1.64 bits per heavy atom. The highest BCUT2D eigenvalue weighted by Gasteiger charge is 2.57. The van der Waals surface area contributed by atoms with Crippen molar-refractivity contribution in [1.82, 2.24) is 0 Å². The molecule has 1 aromatic rings. The zero-order valence-corrected chi connectivity index (χ0v) is 17.1. The Morgan fingerprint density at radius 3 is 2.14 bits per heavy atom. The molecular weight excluding hydrogens is 362 g/mol. The molecule has 0 amide bonds. The number of ketones is 1. The Kier molecular flexibility index (Phi) is 6.82. The number of aliphatic hydroxyl groups is 1. The molecule has 154 valence electrons. The first-order valence-electron chi connectivity index (χ1n) is 9.49. The highest BCUT2D eigenvalue weighted by molar-refractivity contribution is 6.02. The van der Waals surface area contributed by atoms with Crippen molar-refractivity contribution in [2.24, 2.45) is 11.8 Å². The normalized spacial score (nSPS) is 27.2. The Hall–Kier alpha value is -2.41. The molecule has 0 spiro atoms. The molecule has 0 saturated heterocycles. The summed E-state index contributed by atoms with van der Waals surface area (Å²) in [6.07, 6.45) is -0.313. The van der Waals surface area contributed by atoms with Gasteiger partial charge in [0.25, 0.3) is 0 Å². The monoisotopic (exact) mass is 391 g/mol. The first-order chi connectivity index (χ1) is 13.1. The Balaban J connectivity index is 2.59. The maximum atomic E-state index is 12.8. The van der Waals surface area contributed by atoms with Crippen LogP contribution < -0.4 is 4.90 Å². The first-order valence-corrected chi connectivity index (χ1v) is 9.49. The summed E-state index contributed by atoms with van der Waals surface area (Å²) in [5.74, 6) is -4.85. The maximum Gasteiger partial charge on any atom is 0.317 e. The Bertz CT molecular complexity index is 725. The number of anilines is 1. The standard InChI is InChI=1S/C21H29NO6/c1-6-27-19(24)17-15(23)12-21(3,26)18(20(25)28-7-2)16(17)13-8-10-14(11-9-13)22(4)5/h8-11,16-18,26H,6-7,12H2,1-5H3/t16-,17+,18-,21+/m0/s1. The van der Waals surface area contributed by atoms with Gasteiger partial charge in [-0.3, -0.25) is 14.4 Å². The molecule has 7 heteroatoms. The first kappa shape index (κ1) is 21.9. The van der Waals surface area contributed by atoms with Crippen molar-refractivity contribution in [3.8, 4) is 0 Å². The molecule has 1 fully saturated rings. The fourth-order valence-electron chi connectivity index (χ4n) is 3.87. The van der Waals surface area contributed by atoms with Gasteiger partial charge < -0.3 is 19.5 Å². The predicted molar refractivity (Wildman–Crippen MR) is 104 cm³/mol. The minimum Gasteiger partial charge on any atom is -0.466 e. The highest BCUT2D eigenvalue weighted by Crippen LogP contribution is 2.46. The fraction of sp³-hybridized carbons (Fsp3) is 0.571. The number of hydrogen-bond donors (Lipinski definition) is 1. The van der Waals surface area contributed by atoms with Gasteiger partial charge in [0, 0.05) is 32.1 Å². The molecule has 2 rings (SSSR count). The molecule has 0 unspecified atom stereocenters. The zero-order valence-electron chi connectivity index (χ0n) is 17.1. The number of esters is 2. The number of Topliss-reactive ketones (excluding diaryl/α,β-unsaturated/α-hetero) is 1. The summed E-state index contributed by atoms with van der Waals surface area (Å²) in [5.41, 5.74) is -0.0925. The molecule has 1 aromatic carbocycles. The van der Waals surface area contributed by atoms with Crippen LogP contribution >= 0.6 is 0 Å². The lowest BCUT2D eigenvalue weighted by Crippen LogP contribution is -2.55. The average Bonchev–Trinajstić information content (AvgIpc) is 2.60. The molecule has 0 bridgehead atoms. The smallest absolute Gasteiger partial charge is 0.317 e. The number of carbonyl (C=O) groups excluding carboxylic acids is 3. The van der Waals surface area contributed by atoms with Crippen LogP contribution in [0.4, 0.5) is 5.69 Å². The lowest BCUT2D eigenvalue weighted by molar-refractivity contribution is -0.172. The second-order valence-electron chi connectivity index (χ2n) is 7.47. The van der Waals surface area contributed by atoms with E-state index in [0.29, 0.717) is 5.56 Å². The number of rotatable bonds is 6. The molecule has 0 aromatic heterocycles. The van der Waals surface area contributed by atoms with E-state index in [4.69, 9.17) is 9.47 Å². The summed E-state index contributed by atoms with van der Waals surface area (Å²) >= 11 is 0. The van der Waals surface area contributed by atoms with Gasteiger partial charge in [-0.2, -0.15) is 0 Å². The molecule has 28 heavy (non-hydrogen) atoms. The van der Waals surface area contributed by atoms with Crippen LogP contribution in [0.3, 0.4) is 0 Å². The highest BCUT2D eigenvalue weighted by atomic mass is 16.5. The summed E-state index contributed by atoms with van der Waals surface area (Å²) in [5, 5.41) is 10.9. The van der Waals surface area contributed by atoms with Gasteiger partial charge in [0.2, 0.25) is 0 Å². The predicted octanol–water partition coefficient (Wildman–Crippen LogP) is 1.92. The second-order valence-corrected chi connectivity index (χ2v) is 7.47. The SMILES string of the molecule is CCOC(=O)[C@@H]1C(=O)C[C@@](C)(O)[C@H](C(=O)OCC)[C@H]1c1ccc(N(C)C)cc1. The maximum absolute atomic E-state index is 12.8. The molecule has 4 atom stereocenters. The van der Waals surface area contributed by atoms with Crippen LogP contribution in [0.15, 0.2) is 24.3 Å².